The Kier molecular flexibility index (Phi) is 7.05. The maximum absolute atomic E-state index is 13.6. The van der Waals surface area contributed by atoms with Crippen LogP contribution in [0.15, 0.2) is 41.6 Å². The molecule has 3 aromatic heterocycles. The summed E-state index contributed by atoms with van der Waals surface area (Å²) >= 11 is 2.50. The number of thiazole rings is 1. The first-order valence-electron chi connectivity index (χ1n) is 12.1. The zero-order valence-corrected chi connectivity index (χ0v) is 22.6. The van der Waals surface area contributed by atoms with Crippen LogP contribution in [0.5, 0.6) is 0 Å². The zero-order chi connectivity index (χ0) is 28.2. The van der Waals surface area contributed by atoms with Crippen molar-refractivity contribution >= 4 is 57.1 Å². The largest absolute Gasteiger partial charge is 0.543 e. The molecule has 1 amide bonds. The van der Waals surface area contributed by atoms with Crippen molar-refractivity contribution in [3.63, 3.8) is 0 Å². The van der Waals surface area contributed by atoms with Crippen molar-refractivity contribution in [2.75, 3.05) is 12.3 Å². The van der Waals surface area contributed by atoms with Crippen LogP contribution in [0.25, 0.3) is 10.4 Å². The van der Waals surface area contributed by atoms with Crippen molar-refractivity contribution in [2.45, 2.75) is 37.7 Å². The molecule has 0 aliphatic carbocycles. The number of hydrogen-bond donors (Lipinski definition) is 3. The minimum absolute atomic E-state index is 0.126. The fourth-order valence-electron chi connectivity index (χ4n) is 5.31. The van der Waals surface area contributed by atoms with E-state index in [1.54, 1.807) is 35.9 Å². The van der Waals surface area contributed by atoms with Crippen molar-refractivity contribution < 1.29 is 39.1 Å². The number of pyridine rings is 1. The molecule has 12 nitrogen and oxygen atoms in total. The maximum Gasteiger partial charge on any atom is 0.370 e. The predicted octanol–water partition coefficient (Wildman–Crippen LogP) is -0.632. The summed E-state index contributed by atoms with van der Waals surface area (Å²) in [6.07, 6.45) is 3.73. The Morgan fingerprint density at radius 2 is 2.10 bits per heavy atom. The molecule has 5 heterocycles. The van der Waals surface area contributed by atoms with E-state index in [0.717, 1.165) is 0 Å². The Morgan fingerprint density at radius 3 is 2.74 bits per heavy atom. The predicted molar refractivity (Wildman–Crippen MR) is 137 cm³/mol. The monoisotopic (exact) mass is 571 g/mol. The third-order valence-electron chi connectivity index (χ3n) is 6.92. The van der Waals surface area contributed by atoms with Crippen molar-refractivity contribution in [3.05, 3.63) is 52.6 Å². The number of fused-ring (bicyclic) bond motifs is 2. The number of amides is 1. The second-order valence-corrected chi connectivity index (χ2v) is 11.5. The molecule has 2 aliphatic rings. The number of carboxylic acid groups (broad SMARTS) is 2. The Morgan fingerprint density at radius 1 is 1.36 bits per heavy atom. The number of carbonyl (C=O) groups excluding carboxylic acids is 3. The van der Waals surface area contributed by atoms with Gasteiger partial charge < -0.3 is 30.7 Å². The van der Waals surface area contributed by atoms with Gasteiger partial charge in [-0.05, 0) is 13.0 Å². The van der Waals surface area contributed by atoms with Crippen molar-refractivity contribution in [1.29, 1.82) is 0 Å². The smallest absolute Gasteiger partial charge is 0.370 e. The first-order chi connectivity index (χ1) is 18.5. The van der Waals surface area contributed by atoms with Crippen LogP contribution in [0.2, 0.25) is 0 Å². The standard InChI is InChI=1S/C25H25N5O7S2/c1-11-16(20(24(36)37)30-19(11)17(12(2)31)22(30)35)14-9-29-23(39-14)18(27-25(29)38-7-5-26)21(34)13-4-3-6-28(8-13)10-15(32)33/h3-4,6,8-9,11-12,17,19,31H,5,7,10,26H2,1-2H3,(H-,32,33,36,37)/t11-,12+,17+,19+/m0/s1. The first kappa shape index (κ1) is 27.0. The average Bonchev–Trinajstić information content (AvgIpc) is 3.50. The molecule has 0 unspecified atom stereocenters. The number of aromatic nitrogens is 3. The molecule has 4 N–H and O–H groups in total. The summed E-state index contributed by atoms with van der Waals surface area (Å²) in [5.41, 5.74) is 6.22. The van der Waals surface area contributed by atoms with Gasteiger partial charge in [-0.2, -0.15) is 4.57 Å². The van der Waals surface area contributed by atoms with Gasteiger partial charge in [-0.1, -0.05) is 18.7 Å². The average molecular weight is 572 g/mol. The Bertz CT molecular complexity index is 1560. The number of aliphatic carboxylic acids is 2. The number of β-lactam (4-membered cyclic amide) rings is 1. The van der Waals surface area contributed by atoms with E-state index in [1.165, 1.54) is 45.7 Å². The van der Waals surface area contributed by atoms with Gasteiger partial charge in [-0.25, -0.2) is 9.78 Å². The van der Waals surface area contributed by atoms with E-state index in [-0.39, 0.29) is 23.5 Å². The molecular formula is C25H25N5O7S2. The highest BCUT2D eigenvalue weighted by Gasteiger charge is 2.59. The molecule has 204 valence electrons. The first-order valence-corrected chi connectivity index (χ1v) is 13.9. The number of nitrogens with two attached hydrogens (primary N) is 1. The number of thioether (sulfide) groups is 1. The van der Waals surface area contributed by atoms with Gasteiger partial charge in [0.15, 0.2) is 17.6 Å². The fourth-order valence-corrected chi connectivity index (χ4v) is 7.34. The van der Waals surface area contributed by atoms with Crippen LogP contribution in [0.1, 0.15) is 34.8 Å². The van der Waals surface area contributed by atoms with Crippen molar-refractivity contribution in [1.82, 2.24) is 14.3 Å². The second-order valence-electron chi connectivity index (χ2n) is 9.44. The molecular weight excluding hydrogens is 546 g/mol. The summed E-state index contributed by atoms with van der Waals surface area (Å²) < 4.78 is 3.09. The highest BCUT2D eigenvalue weighted by atomic mass is 32.2. The minimum Gasteiger partial charge on any atom is -0.543 e. The number of carboxylic acids is 2. The number of nitrogens with zero attached hydrogens (tertiary/aromatic N) is 4. The molecule has 0 bridgehead atoms. The van der Waals surface area contributed by atoms with E-state index in [4.69, 9.17) is 10.8 Å². The Hall–Kier alpha value is -3.59. The number of aliphatic hydroxyl groups excluding tert-OH is 1. The summed E-state index contributed by atoms with van der Waals surface area (Å²) in [6, 6.07) is 2.63. The van der Waals surface area contributed by atoms with Crippen LogP contribution in [0, 0.1) is 11.8 Å². The number of imidazole rings is 1. The van der Waals surface area contributed by atoms with E-state index in [2.05, 4.69) is 4.98 Å². The lowest BCUT2D eigenvalue weighted by atomic mass is 9.77. The summed E-state index contributed by atoms with van der Waals surface area (Å²) in [5, 5.41) is 32.0. The molecule has 3 aromatic rings. The van der Waals surface area contributed by atoms with Gasteiger partial charge in [0, 0.05) is 36.1 Å². The van der Waals surface area contributed by atoms with Gasteiger partial charge in [-0.15, -0.1) is 11.3 Å². The molecule has 4 atom stereocenters. The fraction of sp³-hybridized carbons (Fsp3) is 0.360. The maximum atomic E-state index is 13.6. The molecule has 1 saturated heterocycles. The molecule has 2 aliphatic heterocycles. The van der Waals surface area contributed by atoms with E-state index in [1.807, 2.05) is 0 Å². The third-order valence-corrected chi connectivity index (χ3v) is 9.04. The van der Waals surface area contributed by atoms with Crippen molar-refractivity contribution in [2.24, 2.45) is 17.6 Å². The zero-order valence-electron chi connectivity index (χ0n) is 20.9. The van der Waals surface area contributed by atoms with Crippen LogP contribution in [0.3, 0.4) is 0 Å². The Labute approximate surface area is 230 Å². The van der Waals surface area contributed by atoms with Gasteiger partial charge in [0.25, 0.3) is 0 Å². The van der Waals surface area contributed by atoms with Crippen molar-refractivity contribution in [3.8, 4) is 0 Å². The quantitative estimate of drug-likeness (QED) is 0.123. The van der Waals surface area contributed by atoms with E-state index in [0.29, 0.717) is 32.7 Å². The van der Waals surface area contributed by atoms with Crippen LogP contribution in [0.4, 0.5) is 0 Å². The highest BCUT2D eigenvalue weighted by Crippen LogP contribution is 2.51. The molecule has 14 heteroatoms. The van der Waals surface area contributed by atoms with Gasteiger partial charge in [0.05, 0.1) is 40.2 Å². The normalized spacial score (nSPS) is 21.3. The summed E-state index contributed by atoms with van der Waals surface area (Å²) in [4.78, 5) is 56.4. The molecule has 1 fully saturated rings. The molecule has 5 rings (SSSR count). The van der Waals surface area contributed by atoms with Gasteiger partial charge in [0.1, 0.15) is 10.5 Å². The lowest BCUT2D eigenvalue weighted by Crippen LogP contribution is -2.64. The molecule has 0 spiro atoms. The summed E-state index contributed by atoms with van der Waals surface area (Å²) in [5.74, 6) is -4.05. The number of hydrogen-bond acceptors (Lipinski definition) is 10. The SMILES string of the molecule is C[C@@H](O)[C@H]1C(=O)N2C(C(=O)[O-])=C(c3cn4c(SCCN)nc(C(=O)c5ccc[n+](CC(=O)O)c5)c4s3)[C@H](C)[C@H]12. The number of ketones is 1. The Balaban J connectivity index is 1.62. The second kappa shape index (κ2) is 10.2. The van der Waals surface area contributed by atoms with E-state index in [9.17, 15) is 29.4 Å². The lowest BCUT2D eigenvalue weighted by Gasteiger charge is -2.47. The van der Waals surface area contributed by atoms with Gasteiger partial charge in [-0.3, -0.25) is 14.0 Å². The molecule has 0 radical (unpaired) electrons. The highest BCUT2D eigenvalue weighted by molar-refractivity contribution is 7.99. The number of rotatable bonds is 10. The van der Waals surface area contributed by atoms with Crippen LogP contribution in [-0.2, 0) is 20.9 Å². The van der Waals surface area contributed by atoms with Crippen LogP contribution < -0.4 is 15.4 Å². The molecule has 0 saturated carbocycles. The summed E-state index contributed by atoms with van der Waals surface area (Å²) in [7, 11) is 0. The van der Waals surface area contributed by atoms with E-state index < -0.39 is 47.6 Å². The van der Waals surface area contributed by atoms with E-state index >= 15 is 0 Å². The van der Waals surface area contributed by atoms with Crippen LogP contribution >= 0.6 is 23.1 Å². The number of aliphatic hydroxyl groups is 1. The third kappa shape index (κ3) is 4.42. The molecule has 0 aromatic carbocycles. The topological polar surface area (TPSA) is 182 Å². The molecule has 39 heavy (non-hydrogen) atoms. The minimum atomic E-state index is -1.49. The lowest BCUT2D eigenvalue weighted by molar-refractivity contribution is -0.685. The number of carbonyl (C=O) groups is 4. The van der Waals surface area contributed by atoms with Gasteiger partial charge in [0.2, 0.25) is 18.2 Å². The van der Waals surface area contributed by atoms with Gasteiger partial charge >= 0.3 is 5.97 Å². The van der Waals surface area contributed by atoms with Crippen LogP contribution in [-0.4, -0.2) is 72.6 Å². The summed E-state index contributed by atoms with van der Waals surface area (Å²) in [6.45, 7) is 3.36.